The average molecular weight is 263 g/mol. The Morgan fingerprint density at radius 1 is 1.31 bits per heavy atom. The standard InChI is InChI=1S/C10H8Cl2O4/c1-6(13)15-5-9(14)16-8-4-2-3-7(11)10(8)12/h2-4H,5H2,1H3. The predicted octanol–water partition coefficient (Wildman–Crippen LogP) is 2.46. The summed E-state index contributed by atoms with van der Waals surface area (Å²) >= 11 is 11.5. The number of benzene rings is 1. The van der Waals surface area contributed by atoms with E-state index in [9.17, 15) is 9.59 Å². The molecule has 16 heavy (non-hydrogen) atoms. The van der Waals surface area contributed by atoms with E-state index in [-0.39, 0.29) is 15.8 Å². The molecule has 0 amide bonds. The number of hydrogen-bond donors (Lipinski definition) is 0. The van der Waals surface area contributed by atoms with Crippen LogP contribution >= 0.6 is 23.2 Å². The lowest BCUT2D eigenvalue weighted by Crippen LogP contribution is -2.17. The zero-order valence-electron chi connectivity index (χ0n) is 8.33. The number of carbonyl (C=O) groups is 2. The summed E-state index contributed by atoms with van der Waals surface area (Å²) in [6.45, 7) is 0.734. The fourth-order valence-electron chi connectivity index (χ4n) is 0.875. The van der Waals surface area contributed by atoms with Gasteiger partial charge < -0.3 is 9.47 Å². The highest BCUT2D eigenvalue weighted by atomic mass is 35.5. The second-order valence-electron chi connectivity index (χ2n) is 2.81. The molecule has 0 saturated carbocycles. The summed E-state index contributed by atoms with van der Waals surface area (Å²) in [5.74, 6) is -1.15. The lowest BCUT2D eigenvalue weighted by Gasteiger charge is -2.06. The van der Waals surface area contributed by atoms with E-state index in [1.54, 1.807) is 12.1 Å². The molecule has 0 aliphatic heterocycles. The van der Waals surface area contributed by atoms with Crippen molar-refractivity contribution in [3.63, 3.8) is 0 Å². The van der Waals surface area contributed by atoms with Gasteiger partial charge in [-0.25, -0.2) is 4.79 Å². The molecule has 86 valence electrons. The van der Waals surface area contributed by atoms with Crippen LogP contribution in [-0.4, -0.2) is 18.5 Å². The summed E-state index contributed by atoms with van der Waals surface area (Å²) < 4.78 is 9.30. The molecule has 0 aliphatic carbocycles. The van der Waals surface area contributed by atoms with Crippen molar-refractivity contribution in [2.24, 2.45) is 0 Å². The molecule has 0 unspecified atom stereocenters. The third kappa shape index (κ3) is 3.72. The Kier molecular flexibility index (Phi) is 4.58. The van der Waals surface area contributed by atoms with Crippen LogP contribution in [0.2, 0.25) is 10.0 Å². The third-order valence-corrected chi connectivity index (χ3v) is 2.33. The van der Waals surface area contributed by atoms with Crippen molar-refractivity contribution < 1.29 is 19.1 Å². The van der Waals surface area contributed by atoms with Crippen LogP contribution in [0.3, 0.4) is 0 Å². The van der Waals surface area contributed by atoms with Crippen LogP contribution in [0.1, 0.15) is 6.92 Å². The van der Waals surface area contributed by atoms with Crippen LogP contribution in [0.4, 0.5) is 0 Å². The van der Waals surface area contributed by atoms with Crippen molar-refractivity contribution in [2.75, 3.05) is 6.61 Å². The lowest BCUT2D eigenvalue weighted by atomic mass is 10.3. The highest BCUT2D eigenvalue weighted by Gasteiger charge is 2.11. The molecule has 4 nitrogen and oxygen atoms in total. The molecule has 0 atom stereocenters. The molecule has 0 radical (unpaired) electrons. The van der Waals surface area contributed by atoms with Gasteiger partial charge in [0.05, 0.1) is 5.02 Å². The summed E-state index contributed by atoms with van der Waals surface area (Å²) in [5.41, 5.74) is 0. The maximum Gasteiger partial charge on any atom is 0.349 e. The first-order valence-corrected chi connectivity index (χ1v) is 5.04. The van der Waals surface area contributed by atoms with E-state index in [4.69, 9.17) is 27.9 Å². The SMILES string of the molecule is CC(=O)OCC(=O)Oc1cccc(Cl)c1Cl. The Morgan fingerprint density at radius 3 is 2.62 bits per heavy atom. The Bertz CT molecular complexity index is 417. The first kappa shape index (κ1) is 12.8. The first-order chi connectivity index (χ1) is 7.50. The van der Waals surface area contributed by atoms with Gasteiger partial charge in [0.2, 0.25) is 0 Å². The second kappa shape index (κ2) is 5.72. The van der Waals surface area contributed by atoms with Crippen LogP contribution in [-0.2, 0) is 14.3 Å². The van der Waals surface area contributed by atoms with Crippen molar-refractivity contribution >= 4 is 35.1 Å². The molecule has 0 heterocycles. The van der Waals surface area contributed by atoms with Gasteiger partial charge >= 0.3 is 11.9 Å². The van der Waals surface area contributed by atoms with Crippen LogP contribution < -0.4 is 4.74 Å². The molecule has 0 aromatic heterocycles. The van der Waals surface area contributed by atoms with E-state index in [2.05, 4.69) is 4.74 Å². The minimum Gasteiger partial charge on any atom is -0.454 e. The summed E-state index contributed by atoms with van der Waals surface area (Å²) in [6, 6.07) is 4.63. The van der Waals surface area contributed by atoms with E-state index in [0.29, 0.717) is 0 Å². The maximum atomic E-state index is 11.2. The monoisotopic (exact) mass is 262 g/mol. The molecule has 0 aliphatic rings. The number of carbonyl (C=O) groups excluding carboxylic acids is 2. The normalized spacial score (nSPS) is 9.69. The van der Waals surface area contributed by atoms with Crippen molar-refractivity contribution in [3.05, 3.63) is 28.2 Å². The topological polar surface area (TPSA) is 52.6 Å². The smallest absolute Gasteiger partial charge is 0.349 e. The minimum absolute atomic E-state index is 0.131. The molecule has 0 saturated heterocycles. The highest BCUT2D eigenvalue weighted by Crippen LogP contribution is 2.31. The Balaban J connectivity index is 2.63. The second-order valence-corrected chi connectivity index (χ2v) is 3.59. The first-order valence-electron chi connectivity index (χ1n) is 4.28. The van der Waals surface area contributed by atoms with Crippen LogP contribution in [0.5, 0.6) is 5.75 Å². The van der Waals surface area contributed by atoms with Crippen LogP contribution in [0, 0.1) is 0 Å². The molecule has 1 aromatic rings. The molecule has 1 aromatic carbocycles. The number of ether oxygens (including phenoxy) is 2. The highest BCUT2D eigenvalue weighted by molar-refractivity contribution is 6.43. The fourth-order valence-corrected chi connectivity index (χ4v) is 1.21. The van der Waals surface area contributed by atoms with Crippen molar-refractivity contribution in [2.45, 2.75) is 6.92 Å². The molecule has 0 spiro atoms. The van der Waals surface area contributed by atoms with E-state index >= 15 is 0 Å². The molecule has 0 fully saturated rings. The largest absolute Gasteiger partial charge is 0.454 e. The lowest BCUT2D eigenvalue weighted by molar-refractivity contribution is -0.152. The summed E-state index contributed by atoms with van der Waals surface area (Å²) in [5, 5.41) is 0.416. The van der Waals surface area contributed by atoms with Gasteiger partial charge in [-0.3, -0.25) is 4.79 Å². The van der Waals surface area contributed by atoms with E-state index < -0.39 is 18.5 Å². The van der Waals surface area contributed by atoms with Crippen molar-refractivity contribution in [1.82, 2.24) is 0 Å². The number of rotatable bonds is 3. The van der Waals surface area contributed by atoms with Gasteiger partial charge in [0.15, 0.2) is 12.4 Å². The molecule has 0 N–H and O–H groups in total. The van der Waals surface area contributed by atoms with Crippen LogP contribution in [0.25, 0.3) is 0 Å². The molecule has 6 heteroatoms. The van der Waals surface area contributed by atoms with Gasteiger partial charge in [-0.1, -0.05) is 29.3 Å². The number of esters is 2. The molecule has 1 rings (SSSR count). The van der Waals surface area contributed by atoms with Crippen molar-refractivity contribution in [3.8, 4) is 5.75 Å². The Morgan fingerprint density at radius 2 is 2.00 bits per heavy atom. The molecular weight excluding hydrogens is 255 g/mol. The van der Waals surface area contributed by atoms with Gasteiger partial charge in [-0.05, 0) is 12.1 Å². The van der Waals surface area contributed by atoms with Gasteiger partial charge in [-0.15, -0.1) is 0 Å². The van der Waals surface area contributed by atoms with E-state index in [1.165, 1.54) is 13.0 Å². The number of hydrogen-bond acceptors (Lipinski definition) is 4. The molecule has 0 bridgehead atoms. The fraction of sp³-hybridized carbons (Fsp3) is 0.200. The van der Waals surface area contributed by atoms with Crippen molar-refractivity contribution in [1.29, 1.82) is 0 Å². The van der Waals surface area contributed by atoms with Crippen LogP contribution in [0.15, 0.2) is 18.2 Å². The third-order valence-electron chi connectivity index (χ3n) is 1.53. The molecular formula is C10H8Cl2O4. The zero-order valence-corrected chi connectivity index (χ0v) is 9.84. The maximum absolute atomic E-state index is 11.2. The van der Waals surface area contributed by atoms with E-state index in [1.807, 2.05) is 0 Å². The van der Waals surface area contributed by atoms with Gasteiger partial charge in [0.25, 0.3) is 0 Å². The summed E-state index contributed by atoms with van der Waals surface area (Å²) in [6.07, 6.45) is 0. The zero-order chi connectivity index (χ0) is 12.1. The quantitative estimate of drug-likeness (QED) is 0.620. The summed E-state index contributed by atoms with van der Waals surface area (Å²) in [4.78, 5) is 21.6. The predicted molar refractivity (Wildman–Crippen MR) is 58.7 cm³/mol. The van der Waals surface area contributed by atoms with Gasteiger partial charge in [0.1, 0.15) is 5.02 Å². The van der Waals surface area contributed by atoms with Gasteiger partial charge in [0, 0.05) is 6.92 Å². The van der Waals surface area contributed by atoms with Gasteiger partial charge in [-0.2, -0.15) is 0 Å². The van der Waals surface area contributed by atoms with E-state index in [0.717, 1.165) is 0 Å². The average Bonchev–Trinajstić information content (AvgIpc) is 2.22. The summed E-state index contributed by atoms with van der Waals surface area (Å²) in [7, 11) is 0. The Hall–Kier alpha value is -1.26. The minimum atomic E-state index is -0.723. The Labute approximate surface area is 102 Å². The number of halogens is 2.